The number of rotatable bonds is 1. The summed E-state index contributed by atoms with van der Waals surface area (Å²) in [5.41, 5.74) is 0.616. The van der Waals surface area contributed by atoms with E-state index in [0.29, 0.717) is 11.5 Å². The van der Waals surface area contributed by atoms with Gasteiger partial charge in [0.05, 0.1) is 5.56 Å². The Labute approximate surface area is 106 Å². The normalized spacial score (nSPS) is 16.3. The van der Waals surface area contributed by atoms with E-state index in [1.807, 2.05) is 11.0 Å². The number of piperidine rings is 1. The Bertz CT molecular complexity index is 497. The summed E-state index contributed by atoms with van der Waals surface area (Å²) in [5.74, 6) is 0.531. The monoisotopic (exact) mass is 244 g/mol. The van der Waals surface area contributed by atoms with Crippen molar-refractivity contribution in [3.63, 3.8) is 0 Å². The van der Waals surface area contributed by atoms with Gasteiger partial charge in [0, 0.05) is 18.7 Å². The van der Waals surface area contributed by atoms with E-state index in [2.05, 4.69) is 6.92 Å². The topological polar surface area (TPSA) is 64.3 Å². The van der Waals surface area contributed by atoms with Crippen molar-refractivity contribution in [3.05, 3.63) is 29.3 Å². The Balaban J connectivity index is 2.17. The molecule has 0 saturated carbocycles. The lowest BCUT2D eigenvalue weighted by Gasteiger charge is -2.30. The van der Waals surface area contributed by atoms with Crippen molar-refractivity contribution < 1.29 is 9.90 Å². The molecule has 0 spiro atoms. The van der Waals surface area contributed by atoms with Crippen molar-refractivity contribution in [2.75, 3.05) is 13.1 Å². The van der Waals surface area contributed by atoms with E-state index in [-0.39, 0.29) is 17.2 Å². The van der Waals surface area contributed by atoms with Gasteiger partial charge in [-0.3, -0.25) is 4.79 Å². The number of nitriles is 1. The molecule has 1 saturated heterocycles. The number of nitrogens with zero attached hydrogens (tertiary/aromatic N) is 2. The van der Waals surface area contributed by atoms with Crippen molar-refractivity contribution in [3.8, 4) is 11.8 Å². The van der Waals surface area contributed by atoms with Crippen LogP contribution in [0, 0.1) is 17.2 Å². The van der Waals surface area contributed by atoms with Gasteiger partial charge in [-0.2, -0.15) is 5.26 Å². The van der Waals surface area contributed by atoms with Gasteiger partial charge in [-0.05, 0) is 37.0 Å². The number of aromatic hydroxyl groups is 1. The molecule has 2 rings (SSSR count). The smallest absolute Gasteiger partial charge is 0.253 e. The average molecular weight is 244 g/mol. The number of carbonyl (C=O) groups excluding carboxylic acids is 1. The molecule has 1 aromatic carbocycles. The van der Waals surface area contributed by atoms with Crippen molar-refractivity contribution in [2.45, 2.75) is 19.8 Å². The molecule has 1 aliphatic rings. The van der Waals surface area contributed by atoms with Crippen LogP contribution in [0.4, 0.5) is 0 Å². The molecule has 1 aromatic rings. The van der Waals surface area contributed by atoms with Gasteiger partial charge in [0.2, 0.25) is 0 Å². The van der Waals surface area contributed by atoms with Crippen LogP contribution in [0.5, 0.6) is 5.75 Å². The fourth-order valence-electron chi connectivity index (χ4n) is 2.15. The molecule has 0 atom stereocenters. The lowest BCUT2D eigenvalue weighted by atomic mass is 9.98. The summed E-state index contributed by atoms with van der Waals surface area (Å²) in [6, 6.07) is 6.30. The fourth-order valence-corrected chi connectivity index (χ4v) is 2.15. The van der Waals surface area contributed by atoms with Crippen LogP contribution in [-0.2, 0) is 0 Å². The third-order valence-corrected chi connectivity index (χ3v) is 3.43. The Hall–Kier alpha value is -2.02. The quantitative estimate of drug-likeness (QED) is 0.823. The Kier molecular flexibility index (Phi) is 3.52. The lowest BCUT2D eigenvalue weighted by molar-refractivity contribution is 0.0697. The molecular weight excluding hydrogens is 228 g/mol. The third kappa shape index (κ3) is 2.45. The summed E-state index contributed by atoms with van der Waals surface area (Å²) in [5, 5.41) is 18.2. The highest BCUT2D eigenvalue weighted by atomic mass is 16.3. The predicted octanol–water partition coefficient (Wildman–Crippen LogP) is 2.14. The van der Waals surface area contributed by atoms with Gasteiger partial charge in [-0.1, -0.05) is 6.92 Å². The van der Waals surface area contributed by atoms with Crippen LogP contribution < -0.4 is 0 Å². The highest BCUT2D eigenvalue weighted by Gasteiger charge is 2.21. The molecule has 0 aliphatic carbocycles. The summed E-state index contributed by atoms with van der Waals surface area (Å²) in [6.45, 7) is 3.72. The summed E-state index contributed by atoms with van der Waals surface area (Å²) in [4.78, 5) is 14.0. The summed E-state index contributed by atoms with van der Waals surface area (Å²) >= 11 is 0. The van der Waals surface area contributed by atoms with Crippen molar-refractivity contribution in [2.24, 2.45) is 5.92 Å². The number of carbonyl (C=O) groups is 1. The zero-order chi connectivity index (χ0) is 13.1. The maximum atomic E-state index is 12.2. The molecule has 1 N–H and O–H groups in total. The van der Waals surface area contributed by atoms with Gasteiger partial charge < -0.3 is 10.0 Å². The number of amides is 1. The van der Waals surface area contributed by atoms with Gasteiger partial charge in [0.1, 0.15) is 11.8 Å². The first-order valence-electron chi connectivity index (χ1n) is 6.14. The molecule has 4 nitrogen and oxygen atoms in total. The van der Waals surface area contributed by atoms with Gasteiger partial charge in [0.15, 0.2) is 0 Å². The first-order chi connectivity index (χ1) is 8.61. The maximum Gasteiger partial charge on any atom is 0.253 e. The second-order valence-corrected chi connectivity index (χ2v) is 4.82. The molecule has 0 unspecified atom stereocenters. The number of phenols is 1. The number of phenolic OH excluding ortho intramolecular Hbond substituents is 1. The van der Waals surface area contributed by atoms with E-state index in [9.17, 15) is 9.90 Å². The van der Waals surface area contributed by atoms with E-state index in [4.69, 9.17) is 5.26 Å². The van der Waals surface area contributed by atoms with Crippen molar-refractivity contribution >= 4 is 5.91 Å². The zero-order valence-corrected chi connectivity index (χ0v) is 10.4. The SMILES string of the molecule is CC1CCN(C(=O)c2ccc(O)c(C#N)c2)CC1. The minimum Gasteiger partial charge on any atom is -0.507 e. The molecule has 4 heteroatoms. The second-order valence-electron chi connectivity index (χ2n) is 4.82. The lowest BCUT2D eigenvalue weighted by Crippen LogP contribution is -2.37. The Morgan fingerprint density at radius 2 is 2.11 bits per heavy atom. The summed E-state index contributed by atoms with van der Waals surface area (Å²) in [7, 11) is 0. The molecule has 0 bridgehead atoms. The first-order valence-corrected chi connectivity index (χ1v) is 6.14. The molecule has 1 heterocycles. The summed E-state index contributed by atoms with van der Waals surface area (Å²) < 4.78 is 0. The van der Waals surface area contributed by atoms with Crippen LogP contribution in [0.1, 0.15) is 35.7 Å². The highest BCUT2D eigenvalue weighted by Crippen LogP contribution is 2.21. The van der Waals surface area contributed by atoms with Crippen molar-refractivity contribution in [1.82, 2.24) is 4.90 Å². The highest BCUT2D eigenvalue weighted by molar-refractivity contribution is 5.94. The zero-order valence-electron chi connectivity index (χ0n) is 10.4. The molecule has 1 amide bonds. The van der Waals surface area contributed by atoms with Crippen LogP contribution in [-0.4, -0.2) is 29.0 Å². The van der Waals surface area contributed by atoms with Crippen LogP contribution in [0.2, 0.25) is 0 Å². The van der Waals surface area contributed by atoms with Gasteiger partial charge in [-0.15, -0.1) is 0 Å². The van der Waals surface area contributed by atoms with Gasteiger partial charge in [-0.25, -0.2) is 0 Å². The third-order valence-electron chi connectivity index (χ3n) is 3.43. The van der Waals surface area contributed by atoms with E-state index in [1.165, 1.54) is 12.1 Å². The molecule has 18 heavy (non-hydrogen) atoms. The largest absolute Gasteiger partial charge is 0.507 e. The van der Waals surface area contributed by atoms with Gasteiger partial charge >= 0.3 is 0 Å². The summed E-state index contributed by atoms with van der Waals surface area (Å²) in [6.07, 6.45) is 2.05. The number of likely N-dealkylation sites (tertiary alicyclic amines) is 1. The van der Waals surface area contributed by atoms with E-state index < -0.39 is 0 Å². The molecule has 0 radical (unpaired) electrons. The Morgan fingerprint density at radius 1 is 1.44 bits per heavy atom. The number of hydrogen-bond donors (Lipinski definition) is 1. The van der Waals surface area contributed by atoms with Crippen LogP contribution in [0.3, 0.4) is 0 Å². The molecule has 1 fully saturated rings. The molecule has 94 valence electrons. The first kappa shape index (κ1) is 12.4. The minimum atomic E-state index is -0.0821. The van der Waals surface area contributed by atoms with Crippen LogP contribution >= 0.6 is 0 Å². The predicted molar refractivity (Wildman–Crippen MR) is 67.1 cm³/mol. The standard InChI is InChI=1S/C14H16N2O2/c1-10-4-6-16(7-5-10)14(18)11-2-3-13(17)12(8-11)9-15/h2-3,8,10,17H,4-7H2,1H3. The molecule has 0 aromatic heterocycles. The molecular formula is C14H16N2O2. The van der Waals surface area contributed by atoms with Crippen LogP contribution in [0.15, 0.2) is 18.2 Å². The maximum absolute atomic E-state index is 12.2. The van der Waals surface area contributed by atoms with Crippen molar-refractivity contribution in [1.29, 1.82) is 5.26 Å². The Morgan fingerprint density at radius 3 is 2.72 bits per heavy atom. The fraction of sp³-hybridized carbons (Fsp3) is 0.429. The number of hydrogen-bond acceptors (Lipinski definition) is 3. The average Bonchev–Trinajstić information content (AvgIpc) is 2.39. The minimum absolute atomic E-state index is 0.0570. The van der Waals surface area contributed by atoms with E-state index >= 15 is 0 Å². The number of benzene rings is 1. The van der Waals surface area contributed by atoms with Gasteiger partial charge in [0.25, 0.3) is 5.91 Å². The van der Waals surface area contributed by atoms with E-state index in [1.54, 1.807) is 6.07 Å². The second kappa shape index (κ2) is 5.09. The van der Waals surface area contributed by atoms with Crippen LogP contribution in [0.25, 0.3) is 0 Å². The van der Waals surface area contributed by atoms with E-state index in [0.717, 1.165) is 25.9 Å². The molecule has 1 aliphatic heterocycles.